The van der Waals surface area contributed by atoms with Crippen molar-refractivity contribution >= 4 is 11.9 Å². The number of benzene rings is 1. The van der Waals surface area contributed by atoms with Crippen molar-refractivity contribution in [1.29, 1.82) is 0 Å². The van der Waals surface area contributed by atoms with Crippen LogP contribution in [-0.4, -0.2) is 5.78 Å². The Hall–Kier alpha value is -1.63. The summed E-state index contributed by atoms with van der Waals surface area (Å²) >= 11 is 0. The van der Waals surface area contributed by atoms with Gasteiger partial charge in [0.15, 0.2) is 5.78 Å². The molecule has 0 heterocycles. The maximum absolute atomic E-state index is 12.0. The molecular weight excluding hydrogens is 244 g/mol. The number of ketones is 1. The topological polar surface area (TPSA) is 17.1 Å². The molecule has 0 atom stereocenters. The van der Waals surface area contributed by atoms with E-state index in [4.69, 9.17) is 0 Å². The van der Waals surface area contributed by atoms with Crippen LogP contribution in [0.15, 0.2) is 47.6 Å². The fourth-order valence-corrected chi connectivity index (χ4v) is 2.13. The maximum atomic E-state index is 12.0. The van der Waals surface area contributed by atoms with Crippen LogP contribution >= 0.6 is 0 Å². The fraction of sp³-hybridized carbons (Fsp3) is 0.421. The Balaban J connectivity index is 2.86. The first-order chi connectivity index (χ1) is 9.67. The molecule has 0 aliphatic rings. The highest BCUT2D eigenvalue weighted by Crippen LogP contribution is 2.16. The molecule has 0 saturated heterocycles. The summed E-state index contributed by atoms with van der Waals surface area (Å²) in [6, 6.07) is 10.3. The quantitative estimate of drug-likeness (QED) is 0.445. The third-order valence-corrected chi connectivity index (χ3v) is 3.29. The SMILES string of the molecule is CCCCC(=O)/C(C)=C/C(=C/c1ccccc1)CCC. The second-order valence-electron chi connectivity index (χ2n) is 5.23. The molecule has 0 N–H and O–H groups in total. The Morgan fingerprint density at radius 1 is 1.05 bits per heavy atom. The van der Waals surface area contributed by atoms with E-state index in [2.05, 4.69) is 38.1 Å². The number of Topliss-reactive ketones (excluding diaryl/α,β-unsaturated/α-hetero) is 1. The summed E-state index contributed by atoms with van der Waals surface area (Å²) in [6.07, 6.45) is 9.06. The highest BCUT2D eigenvalue weighted by atomic mass is 16.1. The zero-order valence-corrected chi connectivity index (χ0v) is 13.0. The Labute approximate surface area is 123 Å². The van der Waals surface area contributed by atoms with E-state index < -0.39 is 0 Å². The highest BCUT2D eigenvalue weighted by Gasteiger charge is 2.04. The largest absolute Gasteiger partial charge is 0.295 e. The summed E-state index contributed by atoms with van der Waals surface area (Å²) in [4.78, 5) is 12.0. The Bertz CT molecular complexity index is 466. The van der Waals surface area contributed by atoms with Gasteiger partial charge in [0.05, 0.1) is 0 Å². The van der Waals surface area contributed by atoms with Gasteiger partial charge in [-0.1, -0.05) is 69.2 Å². The molecule has 0 unspecified atom stereocenters. The lowest BCUT2D eigenvalue weighted by Gasteiger charge is -2.04. The van der Waals surface area contributed by atoms with Crippen molar-refractivity contribution < 1.29 is 4.79 Å². The molecule has 0 aliphatic carbocycles. The van der Waals surface area contributed by atoms with Crippen molar-refractivity contribution in [3.8, 4) is 0 Å². The van der Waals surface area contributed by atoms with Crippen molar-refractivity contribution in [2.45, 2.75) is 52.9 Å². The average Bonchev–Trinajstić information content (AvgIpc) is 2.46. The summed E-state index contributed by atoms with van der Waals surface area (Å²) in [6.45, 7) is 6.22. The number of carbonyl (C=O) groups excluding carboxylic acids is 1. The molecule has 1 rings (SSSR count). The minimum atomic E-state index is 0.280. The average molecular weight is 270 g/mol. The highest BCUT2D eigenvalue weighted by molar-refractivity contribution is 5.95. The zero-order chi connectivity index (χ0) is 14.8. The third kappa shape index (κ3) is 6.01. The molecule has 108 valence electrons. The van der Waals surface area contributed by atoms with E-state index >= 15 is 0 Å². The van der Waals surface area contributed by atoms with E-state index in [0.29, 0.717) is 6.42 Å². The first-order valence-electron chi connectivity index (χ1n) is 7.64. The van der Waals surface area contributed by atoms with Gasteiger partial charge in [-0.15, -0.1) is 0 Å². The summed E-state index contributed by atoms with van der Waals surface area (Å²) in [5.74, 6) is 0.280. The van der Waals surface area contributed by atoms with Crippen LogP contribution in [0.5, 0.6) is 0 Å². The van der Waals surface area contributed by atoms with E-state index in [1.165, 1.54) is 11.1 Å². The third-order valence-electron chi connectivity index (χ3n) is 3.29. The van der Waals surface area contributed by atoms with Crippen molar-refractivity contribution in [3.05, 3.63) is 53.1 Å². The molecule has 20 heavy (non-hydrogen) atoms. The molecule has 0 fully saturated rings. The van der Waals surface area contributed by atoms with Crippen LogP contribution in [-0.2, 0) is 4.79 Å². The van der Waals surface area contributed by atoms with Crippen LogP contribution in [0.2, 0.25) is 0 Å². The van der Waals surface area contributed by atoms with Crippen LogP contribution in [0, 0.1) is 0 Å². The molecule has 0 aliphatic heterocycles. The molecule has 0 saturated carbocycles. The van der Waals surface area contributed by atoms with Crippen molar-refractivity contribution in [3.63, 3.8) is 0 Å². The smallest absolute Gasteiger partial charge is 0.158 e. The van der Waals surface area contributed by atoms with Gasteiger partial charge < -0.3 is 0 Å². The van der Waals surface area contributed by atoms with E-state index in [9.17, 15) is 4.79 Å². The van der Waals surface area contributed by atoms with E-state index in [1.54, 1.807) is 0 Å². The second kappa shape index (κ2) is 9.30. The number of allylic oxidation sites excluding steroid dienone is 3. The normalized spacial score (nSPS) is 12.6. The van der Waals surface area contributed by atoms with Gasteiger partial charge in [-0.05, 0) is 36.5 Å². The Morgan fingerprint density at radius 2 is 1.75 bits per heavy atom. The molecule has 0 bridgehead atoms. The molecule has 0 amide bonds. The predicted octanol–water partition coefficient (Wildman–Crippen LogP) is 5.58. The number of carbonyl (C=O) groups is 1. The first-order valence-corrected chi connectivity index (χ1v) is 7.64. The number of hydrogen-bond donors (Lipinski definition) is 0. The number of unbranched alkanes of at least 4 members (excludes halogenated alkanes) is 1. The van der Waals surface area contributed by atoms with Crippen molar-refractivity contribution in [2.75, 3.05) is 0 Å². The minimum absolute atomic E-state index is 0.280. The van der Waals surface area contributed by atoms with Gasteiger partial charge in [0.2, 0.25) is 0 Å². The first kappa shape index (κ1) is 16.4. The van der Waals surface area contributed by atoms with Crippen LogP contribution in [0.1, 0.15) is 58.4 Å². The second-order valence-corrected chi connectivity index (χ2v) is 5.23. The van der Waals surface area contributed by atoms with E-state index in [1.807, 2.05) is 25.1 Å². The van der Waals surface area contributed by atoms with Crippen molar-refractivity contribution in [1.82, 2.24) is 0 Å². The maximum Gasteiger partial charge on any atom is 0.158 e. The van der Waals surface area contributed by atoms with Crippen LogP contribution < -0.4 is 0 Å². The monoisotopic (exact) mass is 270 g/mol. The summed E-state index contributed by atoms with van der Waals surface area (Å²) in [7, 11) is 0. The summed E-state index contributed by atoms with van der Waals surface area (Å²) in [5, 5.41) is 0. The standard InChI is InChI=1S/C19H26O/c1-4-6-13-19(20)16(3)14-18(10-5-2)15-17-11-8-7-9-12-17/h7-9,11-12,14-15H,4-6,10,13H2,1-3H3/b16-14+,18-15+. The molecule has 0 spiro atoms. The molecule has 0 radical (unpaired) electrons. The summed E-state index contributed by atoms with van der Waals surface area (Å²) < 4.78 is 0. The Kier molecular flexibility index (Phi) is 7.64. The van der Waals surface area contributed by atoms with Gasteiger partial charge >= 0.3 is 0 Å². The van der Waals surface area contributed by atoms with Crippen LogP contribution in [0.25, 0.3) is 6.08 Å². The lowest BCUT2D eigenvalue weighted by molar-refractivity contribution is -0.115. The molecule has 1 heteroatoms. The molecule has 1 nitrogen and oxygen atoms in total. The van der Waals surface area contributed by atoms with E-state index in [-0.39, 0.29) is 5.78 Å². The van der Waals surface area contributed by atoms with Gasteiger partial charge in [0, 0.05) is 6.42 Å². The molecule has 1 aromatic rings. The van der Waals surface area contributed by atoms with Crippen molar-refractivity contribution in [2.24, 2.45) is 0 Å². The molecule has 1 aromatic carbocycles. The van der Waals surface area contributed by atoms with Crippen LogP contribution in [0.3, 0.4) is 0 Å². The molecular formula is C19H26O. The summed E-state index contributed by atoms with van der Waals surface area (Å²) in [5.41, 5.74) is 3.32. The van der Waals surface area contributed by atoms with Gasteiger partial charge in [0.25, 0.3) is 0 Å². The molecule has 0 aromatic heterocycles. The van der Waals surface area contributed by atoms with Gasteiger partial charge in [-0.3, -0.25) is 4.79 Å². The van der Waals surface area contributed by atoms with Gasteiger partial charge in [-0.2, -0.15) is 0 Å². The minimum Gasteiger partial charge on any atom is -0.295 e. The fourth-order valence-electron chi connectivity index (χ4n) is 2.13. The zero-order valence-electron chi connectivity index (χ0n) is 13.0. The predicted molar refractivity (Wildman–Crippen MR) is 87.6 cm³/mol. The van der Waals surface area contributed by atoms with Gasteiger partial charge in [0.1, 0.15) is 0 Å². The lowest BCUT2D eigenvalue weighted by atomic mass is 10.0. The van der Waals surface area contributed by atoms with Crippen LogP contribution in [0.4, 0.5) is 0 Å². The number of rotatable bonds is 8. The number of hydrogen-bond acceptors (Lipinski definition) is 1. The van der Waals surface area contributed by atoms with Gasteiger partial charge in [-0.25, -0.2) is 0 Å². The Morgan fingerprint density at radius 3 is 2.35 bits per heavy atom. The lowest BCUT2D eigenvalue weighted by Crippen LogP contribution is -1.99. The van der Waals surface area contributed by atoms with E-state index in [0.717, 1.165) is 31.3 Å².